The van der Waals surface area contributed by atoms with Gasteiger partial charge in [-0.2, -0.15) is 0 Å². The van der Waals surface area contributed by atoms with Crippen molar-refractivity contribution in [3.05, 3.63) is 35.9 Å². The highest BCUT2D eigenvalue weighted by molar-refractivity contribution is 5.88. The van der Waals surface area contributed by atoms with Crippen LogP contribution in [0.5, 0.6) is 11.5 Å². The average Bonchev–Trinajstić information content (AvgIpc) is 2.63. The molecule has 1 heterocycles. The van der Waals surface area contributed by atoms with Gasteiger partial charge in [0.1, 0.15) is 6.61 Å². The minimum atomic E-state index is -0.558. The summed E-state index contributed by atoms with van der Waals surface area (Å²) in [6, 6.07) is 5.07. The Morgan fingerprint density at radius 1 is 1.46 bits per heavy atom. The van der Waals surface area contributed by atoms with Crippen LogP contribution in [0.2, 0.25) is 0 Å². The van der Waals surface area contributed by atoms with Crippen LogP contribution in [0.4, 0.5) is 0 Å². The van der Waals surface area contributed by atoms with Crippen molar-refractivity contribution in [1.82, 2.24) is 15.6 Å². The van der Waals surface area contributed by atoms with Gasteiger partial charge in [-0.15, -0.1) is 0 Å². The Bertz CT molecular complexity index is 677. The van der Waals surface area contributed by atoms with Crippen molar-refractivity contribution in [1.29, 1.82) is 0 Å². The Morgan fingerprint density at radius 3 is 2.88 bits per heavy atom. The highest BCUT2D eigenvalue weighted by atomic mass is 16.5. The van der Waals surface area contributed by atoms with Crippen molar-refractivity contribution in [2.24, 2.45) is 5.84 Å². The van der Waals surface area contributed by atoms with E-state index in [0.717, 1.165) is 11.1 Å². The zero-order valence-electron chi connectivity index (χ0n) is 15.2. The van der Waals surface area contributed by atoms with E-state index in [9.17, 15) is 9.59 Å². The number of ether oxygens (including phenoxy) is 2. The van der Waals surface area contributed by atoms with E-state index in [1.807, 2.05) is 30.0 Å². The second-order valence-electron chi connectivity index (χ2n) is 6.28. The number of hydrogen-bond acceptors (Lipinski definition) is 6. The Hall–Kier alpha value is -2.58. The van der Waals surface area contributed by atoms with E-state index in [-0.39, 0.29) is 18.2 Å². The van der Waals surface area contributed by atoms with Crippen LogP contribution in [0.1, 0.15) is 18.9 Å². The number of methoxy groups -OCH3 is 1. The highest BCUT2D eigenvalue weighted by Gasteiger charge is 2.31. The van der Waals surface area contributed by atoms with Gasteiger partial charge >= 0.3 is 0 Å². The molecule has 8 heteroatoms. The lowest BCUT2D eigenvalue weighted by Crippen LogP contribution is -2.56. The number of hydrogen-bond donors (Lipinski definition) is 3. The van der Waals surface area contributed by atoms with Crippen molar-refractivity contribution in [3.63, 3.8) is 0 Å². The van der Waals surface area contributed by atoms with Gasteiger partial charge in [-0.3, -0.25) is 19.9 Å². The van der Waals surface area contributed by atoms with Crippen molar-refractivity contribution in [2.75, 3.05) is 26.8 Å². The first-order chi connectivity index (χ1) is 12.4. The summed E-state index contributed by atoms with van der Waals surface area (Å²) in [6.07, 6.45) is 0.0132. The lowest BCUT2D eigenvalue weighted by atomic mass is 10.1. The molecule has 1 fully saturated rings. The molecule has 0 aliphatic carbocycles. The molecular formula is C18H26N4O4. The fourth-order valence-corrected chi connectivity index (χ4v) is 2.77. The molecule has 0 aromatic heterocycles. The normalized spacial score (nSPS) is 17.3. The fraction of sp³-hybridized carbons (Fsp3) is 0.444. The van der Waals surface area contributed by atoms with E-state index in [1.165, 1.54) is 0 Å². The molecular weight excluding hydrogens is 336 g/mol. The molecule has 1 unspecified atom stereocenters. The minimum Gasteiger partial charge on any atom is -0.493 e. The van der Waals surface area contributed by atoms with Gasteiger partial charge in [0.15, 0.2) is 11.5 Å². The maximum absolute atomic E-state index is 12.1. The van der Waals surface area contributed by atoms with Crippen molar-refractivity contribution >= 4 is 11.8 Å². The van der Waals surface area contributed by atoms with Gasteiger partial charge in [0.05, 0.1) is 19.6 Å². The Labute approximate surface area is 153 Å². The smallest absolute Gasteiger partial charge is 0.237 e. The van der Waals surface area contributed by atoms with Crippen molar-refractivity contribution in [2.45, 2.75) is 25.9 Å². The topological polar surface area (TPSA) is 106 Å². The van der Waals surface area contributed by atoms with E-state index in [0.29, 0.717) is 37.7 Å². The second kappa shape index (κ2) is 9.21. The fourth-order valence-electron chi connectivity index (χ4n) is 2.77. The quantitative estimate of drug-likeness (QED) is 0.266. The summed E-state index contributed by atoms with van der Waals surface area (Å²) in [5.41, 5.74) is 3.95. The third-order valence-corrected chi connectivity index (χ3v) is 4.07. The Kier molecular flexibility index (Phi) is 6.99. The summed E-state index contributed by atoms with van der Waals surface area (Å²) in [5.74, 6) is 5.85. The van der Waals surface area contributed by atoms with Crippen LogP contribution in [0, 0.1) is 0 Å². The Balaban J connectivity index is 2.13. The third-order valence-electron chi connectivity index (χ3n) is 4.07. The molecule has 1 aromatic carbocycles. The van der Waals surface area contributed by atoms with Crippen LogP contribution in [-0.2, 0) is 16.1 Å². The summed E-state index contributed by atoms with van der Waals surface area (Å²) in [4.78, 5) is 25.7. The average molecular weight is 362 g/mol. The summed E-state index contributed by atoms with van der Waals surface area (Å²) >= 11 is 0. The van der Waals surface area contributed by atoms with Crippen LogP contribution in [-0.4, -0.2) is 49.6 Å². The molecule has 0 radical (unpaired) electrons. The monoisotopic (exact) mass is 362 g/mol. The highest BCUT2D eigenvalue weighted by Crippen LogP contribution is 2.29. The first kappa shape index (κ1) is 19.7. The number of nitrogens with zero attached hydrogens (tertiary/aromatic N) is 1. The molecule has 1 atom stereocenters. The predicted octanol–water partition coefficient (Wildman–Crippen LogP) is 0.331. The van der Waals surface area contributed by atoms with Crippen LogP contribution in [0.3, 0.4) is 0 Å². The van der Waals surface area contributed by atoms with Crippen molar-refractivity contribution in [3.8, 4) is 11.5 Å². The standard InChI is InChI=1S/C18H26N4O4/c1-12(2)11-26-15-5-4-13(8-16(15)25-3)10-22-7-6-20-18(24)14(22)9-17(23)21-19/h4-5,8,14H,1,6-7,9-11,19H2,2-3H3,(H,20,24)(H,21,23). The van der Waals surface area contributed by atoms with Crippen LogP contribution >= 0.6 is 0 Å². The molecule has 0 saturated carbocycles. The predicted molar refractivity (Wildman–Crippen MR) is 97.5 cm³/mol. The molecule has 4 N–H and O–H groups in total. The molecule has 1 aliphatic heterocycles. The maximum atomic E-state index is 12.1. The molecule has 142 valence electrons. The van der Waals surface area contributed by atoms with Gasteiger partial charge in [0.25, 0.3) is 0 Å². The number of amides is 2. The number of hydrazine groups is 1. The SMILES string of the molecule is C=C(C)COc1ccc(CN2CCNC(=O)C2CC(=O)NN)cc1OC. The van der Waals surface area contributed by atoms with E-state index in [2.05, 4.69) is 17.3 Å². The number of carbonyl (C=O) groups excluding carboxylic acids is 2. The number of rotatable bonds is 8. The minimum absolute atomic E-state index is 0.0132. The van der Waals surface area contributed by atoms with Gasteiger partial charge in [0.2, 0.25) is 11.8 Å². The van der Waals surface area contributed by atoms with Crippen LogP contribution in [0.25, 0.3) is 0 Å². The molecule has 1 aliphatic rings. The first-order valence-corrected chi connectivity index (χ1v) is 8.40. The van der Waals surface area contributed by atoms with Crippen molar-refractivity contribution < 1.29 is 19.1 Å². The lowest BCUT2D eigenvalue weighted by Gasteiger charge is -2.34. The van der Waals surface area contributed by atoms with E-state index < -0.39 is 6.04 Å². The summed E-state index contributed by atoms with van der Waals surface area (Å²) in [6.45, 7) is 7.81. The summed E-state index contributed by atoms with van der Waals surface area (Å²) in [5, 5.41) is 2.78. The summed E-state index contributed by atoms with van der Waals surface area (Å²) < 4.78 is 11.1. The Morgan fingerprint density at radius 2 is 2.23 bits per heavy atom. The lowest BCUT2D eigenvalue weighted by molar-refractivity contribution is -0.134. The zero-order valence-corrected chi connectivity index (χ0v) is 15.2. The van der Waals surface area contributed by atoms with Gasteiger partial charge in [-0.25, -0.2) is 5.84 Å². The maximum Gasteiger partial charge on any atom is 0.237 e. The molecule has 1 saturated heterocycles. The molecule has 0 bridgehead atoms. The largest absolute Gasteiger partial charge is 0.493 e. The van der Waals surface area contributed by atoms with Crippen LogP contribution in [0.15, 0.2) is 30.4 Å². The summed E-state index contributed by atoms with van der Waals surface area (Å²) in [7, 11) is 1.58. The zero-order chi connectivity index (χ0) is 19.1. The van der Waals surface area contributed by atoms with E-state index in [4.69, 9.17) is 15.3 Å². The number of carbonyl (C=O) groups is 2. The number of nitrogens with two attached hydrogens (primary N) is 1. The van der Waals surface area contributed by atoms with E-state index >= 15 is 0 Å². The third kappa shape index (κ3) is 5.21. The molecule has 8 nitrogen and oxygen atoms in total. The second-order valence-corrected chi connectivity index (χ2v) is 6.28. The van der Waals surface area contributed by atoms with Gasteiger partial charge in [0, 0.05) is 19.6 Å². The van der Waals surface area contributed by atoms with Gasteiger partial charge in [-0.05, 0) is 30.2 Å². The first-order valence-electron chi connectivity index (χ1n) is 8.40. The molecule has 2 amide bonds. The molecule has 1 aromatic rings. The van der Waals surface area contributed by atoms with Crippen LogP contribution < -0.4 is 26.1 Å². The molecule has 0 spiro atoms. The number of piperazine rings is 1. The van der Waals surface area contributed by atoms with E-state index in [1.54, 1.807) is 7.11 Å². The van der Waals surface area contributed by atoms with Gasteiger partial charge in [-0.1, -0.05) is 12.6 Å². The van der Waals surface area contributed by atoms with Gasteiger partial charge < -0.3 is 14.8 Å². The molecule has 26 heavy (non-hydrogen) atoms. The molecule has 2 rings (SSSR count). The number of benzene rings is 1. The number of nitrogens with one attached hydrogen (secondary N) is 2.